The van der Waals surface area contributed by atoms with Gasteiger partial charge in [-0.25, -0.2) is 0 Å². The molecule has 0 spiro atoms. The zero-order valence-electron chi connectivity index (χ0n) is 13.1. The van der Waals surface area contributed by atoms with Crippen LogP contribution in [-0.4, -0.2) is 10.9 Å². The molecule has 2 aromatic rings. The highest BCUT2D eigenvalue weighted by atomic mass is 32.1. The first-order valence-corrected chi connectivity index (χ1v) is 8.80. The average molecular weight is 325 g/mol. The van der Waals surface area contributed by atoms with Gasteiger partial charge in [0.15, 0.2) is 0 Å². The lowest BCUT2D eigenvalue weighted by Crippen LogP contribution is -2.13. The number of anilines is 1. The average Bonchev–Trinajstić information content (AvgIpc) is 2.92. The summed E-state index contributed by atoms with van der Waals surface area (Å²) in [5.74, 6) is 0.522. The van der Waals surface area contributed by atoms with Crippen molar-refractivity contribution in [1.82, 2.24) is 4.98 Å². The van der Waals surface area contributed by atoms with Crippen molar-refractivity contribution in [3.63, 3.8) is 0 Å². The second-order valence-electron chi connectivity index (χ2n) is 5.91. The zero-order chi connectivity index (χ0) is 16.2. The zero-order valence-corrected chi connectivity index (χ0v) is 13.9. The van der Waals surface area contributed by atoms with Gasteiger partial charge in [-0.1, -0.05) is 19.8 Å². The van der Waals surface area contributed by atoms with Crippen LogP contribution in [0.3, 0.4) is 0 Å². The number of fused-ring (bicyclic) bond motifs is 1. The first kappa shape index (κ1) is 15.7. The second kappa shape index (κ2) is 6.93. The Bertz CT molecular complexity index is 746. The molecule has 23 heavy (non-hydrogen) atoms. The minimum Gasteiger partial charge on any atom is -0.312 e. The fourth-order valence-corrected chi connectivity index (χ4v) is 4.50. The summed E-state index contributed by atoms with van der Waals surface area (Å²) in [7, 11) is 0. The van der Waals surface area contributed by atoms with Gasteiger partial charge >= 0.3 is 0 Å². The number of thiophene rings is 1. The summed E-state index contributed by atoms with van der Waals surface area (Å²) in [6, 6.07) is 5.64. The standard InChI is InChI=1S/C18H19N3OS/c1-2-3-12-4-5-14-15(11-19)18(23-16(14)10-12)21-17(22)13-6-8-20-9-7-13/h6-9,12H,2-5,10H2,1H3,(H,21,22). The molecule has 0 saturated heterocycles. The molecule has 0 radical (unpaired) electrons. The van der Waals surface area contributed by atoms with Crippen molar-refractivity contribution in [3.05, 3.63) is 46.1 Å². The van der Waals surface area contributed by atoms with E-state index in [1.165, 1.54) is 17.7 Å². The molecule has 1 N–H and O–H groups in total. The molecule has 0 saturated carbocycles. The molecular formula is C18H19N3OS. The van der Waals surface area contributed by atoms with Crippen LogP contribution in [0, 0.1) is 17.2 Å². The third-order valence-electron chi connectivity index (χ3n) is 4.35. The third-order valence-corrected chi connectivity index (χ3v) is 5.52. The molecule has 2 aromatic heterocycles. The highest BCUT2D eigenvalue weighted by Gasteiger charge is 2.26. The lowest BCUT2D eigenvalue weighted by molar-refractivity contribution is 0.102. The van der Waals surface area contributed by atoms with Gasteiger partial charge < -0.3 is 5.32 Å². The normalized spacial score (nSPS) is 16.4. The smallest absolute Gasteiger partial charge is 0.256 e. The Morgan fingerprint density at radius 2 is 2.26 bits per heavy atom. The first-order valence-electron chi connectivity index (χ1n) is 7.99. The topological polar surface area (TPSA) is 65.8 Å². The molecular weight excluding hydrogens is 306 g/mol. The number of hydrogen-bond acceptors (Lipinski definition) is 4. The molecule has 0 bridgehead atoms. The van der Waals surface area contributed by atoms with E-state index in [-0.39, 0.29) is 5.91 Å². The van der Waals surface area contributed by atoms with E-state index in [0.29, 0.717) is 22.0 Å². The molecule has 1 amide bonds. The van der Waals surface area contributed by atoms with E-state index in [2.05, 4.69) is 23.3 Å². The molecule has 0 aliphatic heterocycles. The van der Waals surface area contributed by atoms with E-state index in [9.17, 15) is 10.1 Å². The number of carbonyl (C=O) groups is 1. The van der Waals surface area contributed by atoms with Gasteiger partial charge in [0.1, 0.15) is 11.1 Å². The minimum atomic E-state index is -0.187. The number of carbonyl (C=O) groups excluding carboxylic acids is 1. The summed E-state index contributed by atoms with van der Waals surface area (Å²) < 4.78 is 0. The number of pyridine rings is 1. The lowest BCUT2D eigenvalue weighted by Gasteiger charge is -2.21. The summed E-state index contributed by atoms with van der Waals surface area (Å²) >= 11 is 1.57. The highest BCUT2D eigenvalue weighted by molar-refractivity contribution is 7.16. The van der Waals surface area contributed by atoms with Crippen molar-refractivity contribution >= 4 is 22.2 Å². The molecule has 4 nitrogen and oxygen atoms in total. The van der Waals surface area contributed by atoms with Gasteiger partial charge in [0, 0.05) is 22.8 Å². The predicted molar refractivity (Wildman–Crippen MR) is 91.6 cm³/mol. The third kappa shape index (κ3) is 3.27. The number of nitrogens with zero attached hydrogens (tertiary/aromatic N) is 2. The minimum absolute atomic E-state index is 0.187. The van der Waals surface area contributed by atoms with Crippen LogP contribution in [0.2, 0.25) is 0 Å². The Morgan fingerprint density at radius 3 is 2.96 bits per heavy atom. The summed E-state index contributed by atoms with van der Waals surface area (Å²) in [4.78, 5) is 17.5. The Morgan fingerprint density at radius 1 is 1.48 bits per heavy atom. The number of nitrogens with one attached hydrogen (secondary N) is 1. The SMILES string of the molecule is CCCC1CCc2c(sc(NC(=O)c3ccncc3)c2C#N)C1. The molecule has 0 fully saturated rings. The Hall–Kier alpha value is -2.19. The fraction of sp³-hybridized carbons (Fsp3) is 0.389. The second-order valence-corrected chi connectivity index (χ2v) is 7.01. The maximum atomic E-state index is 12.3. The van der Waals surface area contributed by atoms with Gasteiger partial charge in [-0.2, -0.15) is 5.26 Å². The highest BCUT2D eigenvalue weighted by Crippen LogP contribution is 2.40. The van der Waals surface area contributed by atoms with Crippen LogP contribution < -0.4 is 5.32 Å². The van der Waals surface area contributed by atoms with Crippen molar-refractivity contribution < 1.29 is 4.79 Å². The first-order chi connectivity index (χ1) is 11.2. The number of nitriles is 1. The van der Waals surface area contributed by atoms with Crippen LogP contribution in [0.25, 0.3) is 0 Å². The van der Waals surface area contributed by atoms with Crippen LogP contribution >= 0.6 is 11.3 Å². The molecule has 2 heterocycles. The van der Waals surface area contributed by atoms with Gasteiger partial charge in [-0.15, -0.1) is 11.3 Å². The van der Waals surface area contributed by atoms with Crippen LogP contribution in [0.1, 0.15) is 52.5 Å². The molecule has 1 unspecified atom stereocenters. The lowest BCUT2D eigenvalue weighted by atomic mass is 9.85. The van der Waals surface area contributed by atoms with Gasteiger partial charge in [0.05, 0.1) is 5.56 Å². The fourth-order valence-electron chi connectivity index (χ4n) is 3.19. The van der Waals surface area contributed by atoms with Crippen molar-refractivity contribution in [2.24, 2.45) is 5.92 Å². The van der Waals surface area contributed by atoms with E-state index in [1.807, 2.05) is 0 Å². The Labute approximate surface area is 140 Å². The summed E-state index contributed by atoms with van der Waals surface area (Å²) in [5.41, 5.74) is 2.36. The van der Waals surface area contributed by atoms with Gasteiger partial charge in [0.2, 0.25) is 0 Å². The van der Waals surface area contributed by atoms with E-state index in [1.54, 1.807) is 35.9 Å². The molecule has 1 atom stereocenters. The number of hydrogen-bond donors (Lipinski definition) is 1. The van der Waals surface area contributed by atoms with E-state index in [4.69, 9.17) is 0 Å². The molecule has 5 heteroatoms. The Balaban J connectivity index is 1.84. The number of aromatic nitrogens is 1. The van der Waals surface area contributed by atoms with Gasteiger partial charge in [0.25, 0.3) is 5.91 Å². The van der Waals surface area contributed by atoms with E-state index in [0.717, 1.165) is 24.8 Å². The van der Waals surface area contributed by atoms with Crippen LogP contribution in [0.15, 0.2) is 24.5 Å². The quantitative estimate of drug-likeness (QED) is 0.917. The van der Waals surface area contributed by atoms with Crippen molar-refractivity contribution in [2.45, 2.75) is 39.0 Å². The monoisotopic (exact) mass is 325 g/mol. The van der Waals surface area contributed by atoms with Crippen molar-refractivity contribution in [1.29, 1.82) is 5.26 Å². The summed E-state index contributed by atoms with van der Waals surface area (Å²) in [6.07, 6.45) is 8.74. The summed E-state index contributed by atoms with van der Waals surface area (Å²) in [5, 5.41) is 13.1. The van der Waals surface area contributed by atoms with E-state index < -0.39 is 0 Å². The molecule has 118 valence electrons. The van der Waals surface area contributed by atoms with Crippen LogP contribution in [-0.2, 0) is 12.8 Å². The van der Waals surface area contributed by atoms with E-state index >= 15 is 0 Å². The van der Waals surface area contributed by atoms with Crippen molar-refractivity contribution in [3.8, 4) is 6.07 Å². The maximum absolute atomic E-state index is 12.3. The molecule has 1 aliphatic rings. The maximum Gasteiger partial charge on any atom is 0.256 e. The summed E-state index contributed by atoms with van der Waals surface area (Å²) in [6.45, 7) is 2.21. The number of amides is 1. The van der Waals surface area contributed by atoms with Crippen LogP contribution in [0.4, 0.5) is 5.00 Å². The largest absolute Gasteiger partial charge is 0.312 e. The molecule has 3 rings (SSSR count). The molecule has 1 aliphatic carbocycles. The number of rotatable bonds is 4. The van der Waals surface area contributed by atoms with Crippen molar-refractivity contribution in [2.75, 3.05) is 5.32 Å². The van der Waals surface area contributed by atoms with Gasteiger partial charge in [-0.05, 0) is 42.9 Å². The Kier molecular flexibility index (Phi) is 4.73. The van der Waals surface area contributed by atoms with Crippen LogP contribution in [0.5, 0.6) is 0 Å². The molecule has 0 aromatic carbocycles. The van der Waals surface area contributed by atoms with Gasteiger partial charge in [-0.3, -0.25) is 9.78 Å². The predicted octanol–water partition coefficient (Wildman–Crippen LogP) is 4.17.